The van der Waals surface area contributed by atoms with Crippen molar-refractivity contribution in [1.82, 2.24) is 10.3 Å². The summed E-state index contributed by atoms with van der Waals surface area (Å²) in [5.41, 5.74) is 1.24. The highest BCUT2D eigenvalue weighted by atomic mass is 32.2. The van der Waals surface area contributed by atoms with Gasteiger partial charge < -0.3 is 10.6 Å². The van der Waals surface area contributed by atoms with E-state index in [1.165, 1.54) is 10.4 Å². The van der Waals surface area contributed by atoms with Crippen molar-refractivity contribution in [2.24, 2.45) is 0 Å². The van der Waals surface area contributed by atoms with Crippen molar-refractivity contribution in [3.63, 3.8) is 0 Å². The van der Waals surface area contributed by atoms with Crippen molar-refractivity contribution < 1.29 is 4.79 Å². The summed E-state index contributed by atoms with van der Waals surface area (Å²) in [5.74, 6) is 1.45. The minimum absolute atomic E-state index is 0.0298. The van der Waals surface area contributed by atoms with E-state index >= 15 is 0 Å². The maximum atomic E-state index is 12.3. The molecule has 6 heteroatoms. The number of carbonyl (C=O) groups excluding carboxylic acids is 1. The molecule has 0 saturated carbocycles. The Labute approximate surface area is 151 Å². The number of nitrogens with zero attached hydrogens (tertiary/aromatic N) is 1. The standard InChI is InChI=1S/C18H23N3OS2/c1-13(23-12-14-5-3-2-4-6-14)17(22)21-18-20-11-16(24-18)15-7-9-19-10-8-15/h2-6,11,13,15,19H,7-10,12H2,1H3,(H,20,21,22). The lowest BCUT2D eigenvalue weighted by atomic mass is 9.97. The molecule has 1 amide bonds. The Balaban J connectivity index is 1.49. The van der Waals surface area contributed by atoms with Gasteiger partial charge in [-0.3, -0.25) is 4.79 Å². The first kappa shape index (κ1) is 17.5. The fourth-order valence-electron chi connectivity index (χ4n) is 2.72. The molecule has 2 N–H and O–H groups in total. The minimum atomic E-state index is -0.101. The summed E-state index contributed by atoms with van der Waals surface area (Å²) in [5, 5.41) is 6.97. The predicted octanol–water partition coefficient (Wildman–Crippen LogP) is 3.87. The highest BCUT2D eigenvalue weighted by Gasteiger charge is 2.19. The zero-order chi connectivity index (χ0) is 16.8. The summed E-state index contributed by atoms with van der Waals surface area (Å²) in [4.78, 5) is 18.0. The molecular formula is C18H23N3OS2. The molecule has 1 aliphatic heterocycles. The Bertz CT molecular complexity index is 653. The van der Waals surface area contributed by atoms with Crippen LogP contribution >= 0.6 is 23.1 Å². The second-order valence-electron chi connectivity index (χ2n) is 6.02. The molecule has 1 fully saturated rings. The molecule has 1 unspecified atom stereocenters. The van der Waals surface area contributed by atoms with Gasteiger partial charge in [0.15, 0.2) is 5.13 Å². The summed E-state index contributed by atoms with van der Waals surface area (Å²) in [6, 6.07) is 10.2. The van der Waals surface area contributed by atoms with Crippen LogP contribution < -0.4 is 10.6 Å². The van der Waals surface area contributed by atoms with Crippen LogP contribution in [0.2, 0.25) is 0 Å². The summed E-state index contributed by atoms with van der Waals surface area (Å²) < 4.78 is 0. The molecular weight excluding hydrogens is 338 g/mol. The van der Waals surface area contributed by atoms with Gasteiger partial charge in [-0.15, -0.1) is 23.1 Å². The van der Waals surface area contributed by atoms with Gasteiger partial charge in [-0.1, -0.05) is 30.3 Å². The van der Waals surface area contributed by atoms with Crippen LogP contribution in [0.25, 0.3) is 0 Å². The minimum Gasteiger partial charge on any atom is -0.317 e. The van der Waals surface area contributed by atoms with Crippen LogP contribution in [0.1, 0.15) is 36.1 Å². The molecule has 2 aromatic rings. The Morgan fingerprint density at radius 2 is 2.12 bits per heavy atom. The van der Waals surface area contributed by atoms with Gasteiger partial charge in [0.05, 0.1) is 5.25 Å². The normalized spacial score (nSPS) is 16.7. The lowest BCUT2D eigenvalue weighted by molar-refractivity contribution is -0.115. The SMILES string of the molecule is CC(SCc1ccccc1)C(=O)Nc1ncc(C2CCNCC2)s1. The largest absolute Gasteiger partial charge is 0.317 e. The van der Waals surface area contributed by atoms with E-state index < -0.39 is 0 Å². The topological polar surface area (TPSA) is 54.0 Å². The Morgan fingerprint density at radius 1 is 1.38 bits per heavy atom. The number of anilines is 1. The molecule has 4 nitrogen and oxygen atoms in total. The maximum absolute atomic E-state index is 12.3. The molecule has 1 aromatic carbocycles. The number of hydrogen-bond donors (Lipinski definition) is 2. The molecule has 24 heavy (non-hydrogen) atoms. The van der Waals surface area contributed by atoms with Crippen molar-refractivity contribution in [2.75, 3.05) is 18.4 Å². The second-order valence-corrected chi connectivity index (χ2v) is 8.41. The van der Waals surface area contributed by atoms with Gasteiger partial charge in [0.1, 0.15) is 0 Å². The molecule has 1 atom stereocenters. The smallest absolute Gasteiger partial charge is 0.238 e. The van der Waals surface area contributed by atoms with E-state index in [1.54, 1.807) is 23.1 Å². The fraction of sp³-hybridized carbons (Fsp3) is 0.444. The number of aromatic nitrogens is 1. The van der Waals surface area contributed by atoms with Crippen LogP contribution in [0.4, 0.5) is 5.13 Å². The molecule has 1 saturated heterocycles. The van der Waals surface area contributed by atoms with Crippen molar-refractivity contribution in [1.29, 1.82) is 0 Å². The highest BCUT2D eigenvalue weighted by molar-refractivity contribution is 7.99. The number of piperidine rings is 1. The summed E-state index contributed by atoms with van der Waals surface area (Å²) in [6.45, 7) is 4.08. The average Bonchev–Trinajstić information content (AvgIpc) is 3.10. The van der Waals surface area contributed by atoms with Crippen LogP contribution in [-0.2, 0) is 10.5 Å². The molecule has 1 aromatic heterocycles. The molecule has 0 bridgehead atoms. The third kappa shape index (κ3) is 4.82. The summed E-state index contributed by atoms with van der Waals surface area (Å²) >= 11 is 3.27. The van der Waals surface area contributed by atoms with Crippen LogP contribution in [0.3, 0.4) is 0 Å². The summed E-state index contributed by atoms with van der Waals surface area (Å²) in [6.07, 6.45) is 4.23. The third-order valence-corrected chi connectivity index (χ3v) is 6.50. The predicted molar refractivity (Wildman–Crippen MR) is 103 cm³/mol. The van der Waals surface area contributed by atoms with Gasteiger partial charge in [0.25, 0.3) is 0 Å². The number of benzene rings is 1. The molecule has 0 radical (unpaired) electrons. The quantitative estimate of drug-likeness (QED) is 0.820. The van der Waals surface area contributed by atoms with Gasteiger partial charge >= 0.3 is 0 Å². The van der Waals surface area contributed by atoms with E-state index in [9.17, 15) is 4.79 Å². The third-order valence-electron chi connectivity index (χ3n) is 4.21. The van der Waals surface area contributed by atoms with Gasteiger partial charge in [-0.2, -0.15) is 0 Å². The molecule has 128 valence electrons. The lowest BCUT2D eigenvalue weighted by Gasteiger charge is -2.20. The van der Waals surface area contributed by atoms with Crippen LogP contribution in [0.15, 0.2) is 36.5 Å². The zero-order valence-electron chi connectivity index (χ0n) is 13.8. The van der Waals surface area contributed by atoms with Gasteiger partial charge in [-0.25, -0.2) is 4.98 Å². The molecule has 0 spiro atoms. The molecule has 2 heterocycles. The number of thiazole rings is 1. The van der Waals surface area contributed by atoms with Crippen molar-refractivity contribution in [2.45, 2.75) is 36.7 Å². The monoisotopic (exact) mass is 361 g/mol. The van der Waals surface area contributed by atoms with Gasteiger partial charge in [0.2, 0.25) is 5.91 Å². The number of rotatable bonds is 6. The Morgan fingerprint density at radius 3 is 2.88 bits per heavy atom. The maximum Gasteiger partial charge on any atom is 0.238 e. The van der Waals surface area contributed by atoms with E-state index in [0.29, 0.717) is 5.92 Å². The van der Waals surface area contributed by atoms with E-state index in [0.717, 1.165) is 36.8 Å². The highest BCUT2D eigenvalue weighted by Crippen LogP contribution is 2.32. The summed E-state index contributed by atoms with van der Waals surface area (Å²) in [7, 11) is 0. The Kier molecular flexibility index (Phi) is 6.29. The van der Waals surface area contributed by atoms with Crippen LogP contribution in [0, 0.1) is 0 Å². The van der Waals surface area contributed by atoms with E-state index in [-0.39, 0.29) is 11.2 Å². The van der Waals surface area contributed by atoms with E-state index in [2.05, 4.69) is 27.8 Å². The van der Waals surface area contributed by atoms with Crippen LogP contribution in [0.5, 0.6) is 0 Å². The number of nitrogens with one attached hydrogen (secondary N) is 2. The van der Waals surface area contributed by atoms with Gasteiger partial charge in [0, 0.05) is 16.8 Å². The Hall–Kier alpha value is -1.37. The van der Waals surface area contributed by atoms with Crippen molar-refractivity contribution in [3.05, 3.63) is 47.0 Å². The molecule has 3 rings (SSSR count). The first-order valence-electron chi connectivity index (χ1n) is 8.35. The van der Waals surface area contributed by atoms with Crippen molar-refractivity contribution >= 4 is 34.1 Å². The molecule has 0 aliphatic carbocycles. The number of thioether (sulfide) groups is 1. The second kappa shape index (κ2) is 8.65. The average molecular weight is 362 g/mol. The first-order chi connectivity index (χ1) is 11.7. The van der Waals surface area contributed by atoms with Gasteiger partial charge in [-0.05, 0) is 44.3 Å². The van der Waals surface area contributed by atoms with E-state index in [4.69, 9.17) is 0 Å². The number of hydrogen-bond acceptors (Lipinski definition) is 5. The number of carbonyl (C=O) groups is 1. The fourth-order valence-corrected chi connectivity index (χ4v) is 4.55. The van der Waals surface area contributed by atoms with Crippen molar-refractivity contribution in [3.8, 4) is 0 Å². The number of amides is 1. The van der Waals surface area contributed by atoms with E-state index in [1.807, 2.05) is 31.3 Å². The zero-order valence-corrected chi connectivity index (χ0v) is 15.5. The molecule has 1 aliphatic rings. The first-order valence-corrected chi connectivity index (χ1v) is 10.2. The van der Waals surface area contributed by atoms with Crippen LogP contribution in [-0.4, -0.2) is 29.2 Å². The lowest BCUT2D eigenvalue weighted by Crippen LogP contribution is -2.26.